The number of carbonyl (C=O) groups excluding carboxylic acids is 3. The molecule has 1 atom stereocenters. The molecule has 0 aromatic heterocycles. The minimum absolute atomic E-state index is 0.0370. The van der Waals surface area contributed by atoms with Crippen LogP contribution in [0, 0.1) is 11.6 Å². The van der Waals surface area contributed by atoms with Crippen LogP contribution >= 0.6 is 11.6 Å². The summed E-state index contributed by atoms with van der Waals surface area (Å²) >= 11 is 6.11. The van der Waals surface area contributed by atoms with Crippen molar-refractivity contribution in [3.8, 4) is 0 Å². The zero-order valence-corrected chi connectivity index (χ0v) is 26.4. The van der Waals surface area contributed by atoms with Crippen LogP contribution in [0.2, 0.25) is 5.02 Å². The number of rotatable bonds is 8. The molecule has 3 aliphatic rings. The Bertz CT molecular complexity index is 1710. The predicted octanol–water partition coefficient (Wildman–Crippen LogP) is 7.81. The quantitative estimate of drug-likeness (QED) is 0.255. The van der Waals surface area contributed by atoms with Gasteiger partial charge in [0.1, 0.15) is 11.6 Å². The normalized spacial score (nSPS) is 18.9. The Morgan fingerprint density at radius 3 is 2.52 bits per heavy atom. The molecule has 2 amide bonds. The number of fused-ring (bicyclic) bond motifs is 1. The summed E-state index contributed by atoms with van der Waals surface area (Å²) < 4.78 is 28.3. The van der Waals surface area contributed by atoms with E-state index in [9.17, 15) is 23.2 Å². The average Bonchev–Trinajstić information content (AvgIpc) is 3.04. The largest absolute Gasteiger partial charge is 0.346 e. The second-order valence-corrected chi connectivity index (χ2v) is 13.0. The summed E-state index contributed by atoms with van der Waals surface area (Å²) in [6.07, 6.45) is 10.1. The highest BCUT2D eigenvalue weighted by atomic mass is 35.5. The maximum Gasteiger partial charge on any atom is 0.248 e. The van der Waals surface area contributed by atoms with E-state index < -0.39 is 23.3 Å². The van der Waals surface area contributed by atoms with E-state index in [0.717, 1.165) is 62.8 Å². The first-order valence-electron chi connectivity index (χ1n) is 16.1. The first-order valence-corrected chi connectivity index (χ1v) is 16.4. The maximum absolute atomic E-state index is 14.6. The molecule has 1 heterocycles. The van der Waals surface area contributed by atoms with Gasteiger partial charge in [0.25, 0.3) is 0 Å². The van der Waals surface area contributed by atoms with Gasteiger partial charge in [0.05, 0.1) is 6.04 Å². The summed E-state index contributed by atoms with van der Waals surface area (Å²) in [6, 6.07) is 17.3. The van der Waals surface area contributed by atoms with Crippen molar-refractivity contribution < 1.29 is 23.2 Å². The fourth-order valence-corrected chi connectivity index (χ4v) is 7.10. The van der Waals surface area contributed by atoms with Crippen LogP contribution in [0.4, 0.5) is 8.78 Å². The van der Waals surface area contributed by atoms with Gasteiger partial charge in [0.15, 0.2) is 5.78 Å². The highest BCUT2D eigenvalue weighted by Gasteiger charge is 2.28. The molecule has 1 aliphatic heterocycles. The van der Waals surface area contributed by atoms with Crippen molar-refractivity contribution in [2.24, 2.45) is 0 Å². The van der Waals surface area contributed by atoms with Gasteiger partial charge in [-0.25, -0.2) is 8.78 Å². The second kappa shape index (κ2) is 14.1. The van der Waals surface area contributed by atoms with Gasteiger partial charge in [-0.1, -0.05) is 59.6 Å². The number of hydrogen-bond acceptors (Lipinski definition) is 3. The van der Waals surface area contributed by atoms with E-state index >= 15 is 0 Å². The molecule has 8 heteroatoms. The highest BCUT2D eigenvalue weighted by molar-refractivity contribution is 6.30. The Kier molecular flexibility index (Phi) is 9.78. The summed E-state index contributed by atoms with van der Waals surface area (Å²) in [4.78, 5) is 40.7. The van der Waals surface area contributed by atoms with Crippen molar-refractivity contribution in [2.75, 3.05) is 6.54 Å². The molecule has 2 fully saturated rings. The lowest BCUT2D eigenvalue weighted by Crippen LogP contribution is -2.37. The smallest absolute Gasteiger partial charge is 0.248 e. The average molecular weight is 643 g/mol. The van der Waals surface area contributed by atoms with Crippen LogP contribution < -0.4 is 5.32 Å². The van der Waals surface area contributed by atoms with Crippen LogP contribution in [0.3, 0.4) is 0 Å². The summed E-state index contributed by atoms with van der Waals surface area (Å²) in [6.45, 7) is 1.47. The first-order chi connectivity index (χ1) is 22.2. The van der Waals surface area contributed by atoms with E-state index in [1.165, 1.54) is 22.8 Å². The van der Waals surface area contributed by atoms with Crippen LogP contribution in [0.15, 0.2) is 84.0 Å². The van der Waals surface area contributed by atoms with Gasteiger partial charge in [0.2, 0.25) is 11.8 Å². The Morgan fingerprint density at radius 2 is 1.76 bits per heavy atom. The lowest BCUT2D eigenvalue weighted by molar-refractivity contribution is -0.133. The topological polar surface area (TPSA) is 66.5 Å². The number of piperidine rings is 1. The second-order valence-electron chi connectivity index (χ2n) is 12.6. The molecule has 46 heavy (non-hydrogen) atoms. The summed E-state index contributed by atoms with van der Waals surface area (Å²) in [7, 11) is 0. The number of allylic oxidation sites excluding steroid dienone is 2. The van der Waals surface area contributed by atoms with Gasteiger partial charge in [-0.3, -0.25) is 14.4 Å². The molecule has 238 valence electrons. The number of benzene rings is 3. The monoisotopic (exact) mass is 642 g/mol. The van der Waals surface area contributed by atoms with Crippen molar-refractivity contribution in [3.05, 3.63) is 128 Å². The van der Waals surface area contributed by atoms with Gasteiger partial charge in [-0.05, 0) is 91.8 Å². The SMILES string of the molecule is O=C(NC(C=C1CCC(c2ccccc2CN2CCCCC2=O)CC1)Cc1ccc(Cl)cc1)C1=CC(=O)c2cc(F)cc(F)c2C1. The first kappa shape index (κ1) is 31.9. The van der Waals surface area contributed by atoms with E-state index in [1.54, 1.807) is 0 Å². The Morgan fingerprint density at radius 1 is 1.00 bits per heavy atom. The molecular weight excluding hydrogens is 606 g/mol. The zero-order valence-electron chi connectivity index (χ0n) is 25.7. The number of amides is 2. The third kappa shape index (κ3) is 7.47. The Balaban J connectivity index is 1.17. The lowest BCUT2D eigenvalue weighted by atomic mass is 9.79. The molecule has 3 aromatic carbocycles. The number of ketones is 1. The molecule has 1 saturated carbocycles. The molecule has 2 aliphatic carbocycles. The third-order valence-corrected chi connectivity index (χ3v) is 9.67. The number of carbonyl (C=O) groups is 3. The molecule has 3 aromatic rings. The summed E-state index contributed by atoms with van der Waals surface area (Å²) in [5, 5.41) is 3.70. The number of likely N-dealkylation sites (tertiary alicyclic amines) is 1. The van der Waals surface area contributed by atoms with Crippen LogP contribution in [0.25, 0.3) is 0 Å². The molecule has 5 nitrogen and oxygen atoms in total. The molecule has 1 unspecified atom stereocenters. The van der Waals surface area contributed by atoms with Gasteiger partial charge in [0, 0.05) is 53.7 Å². The van der Waals surface area contributed by atoms with Crippen LogP contribution in [-0.4, -0.2) is 35.1 Å². The van der Waals surface area contributed by atoms with E-state index in [1.807, 2.05) is 35.2 Å². The molecule has 6 rings (SSSR count). The fraction of sp³-hybridized carbons (Fsp3) is 0.342. The van der Waals surface area contributed by atoms with E-state index in [2.05, 4.69) is 29.6 Å². The predicted molar refractivity (Wildman–Crippen MR) is 175 cm³/mol. The highest BCUT2D eigenvalue weighted by Crippen LogP contribution is 2.38. The molecule has 0 bridgehead atoms. The van der Waals surface area contributed by atoms with Gasteiger partial charge >= 0.3 is 0 Å². The van der Waals surface area contributed by atoms with Crippen LogP contribution in [0.5, 0.6) is 0 Å². The maximum atomic E-state index is 14.6. The van der Waals surface area contributed by atoms with Crippen molar-refractivity contribution in [1.82, 2.24) is 10.2 Å². The molecule has 0 spiro atoms. The van der Waals surface area contributed by atoms with E-state index in [-0.39, 0.29) is 35.1 Å². The fourth-order valence-electron chi connectivity index (χ4n) is 6.98. The molecule has 1 N–H and O–H groups in total. The number of nitrogens with zero attached hydrogens (tertiary/aromatic N) is 1. The van der Waals surface area contributed by atoms with Crippen molar-refractivity contribution >= 4 is 29.2 Å². The van der Waals surface area contributed by atoms with Crippen LogP contribution in [0.1, 0.15) is 83.5 Å². The van der Waals surface area contributed by atoms with Crippen molar-refractivity contribution in [3.63, 3.8) is 0 Å². The van der Waals surface area contributed by atoms with Crippen LogP contribution in [-0.2, 0) is 29.0 Å². The van der Waals surface area contributed by atoms with Gasteiger partial charge < -0.3 is 10.2 Å². The molecule has 1 saturated heterocycles. The third-order valence-electron chi connectivity index (χ3n) is 9.42. The standard InChI is InChI=1S/C38H37ClF2N2O3/c39-29-14-10-25(11-15-29)18-31(42-38(46)28-19-33-34(36(44)20-28)21-30(40)22-35(33)41)17-24-8-12-26(13-9-24)32-6-2-1-5-27(32)23-43-16-4-3-7-37(43)45/h1-2,5-6,10-11,14-15,17,20-22,26,31H,3-4,7-9,12-13,16,18-19,23H2,(H,42,46). The molecular formula is C38H37ClF2N2O3. The molecule has 0 radical (unpaired) electrons. The number of hydrogen-bond donors (Lipinski definition) is 1. The van der Waals surface area contributed by atoms with Crippen molar-refractivity contribution in [2.45, 2.75) is 76.3 Å². The Hall–Kier alpha value is -4.10. The summed E-state index contributed by atoms with van der Waals surface area (Å²) in [5.41, 5.74) is 4.91. The van der Waals surface area contributed by atoms with Gasteiger partial charge in [-0.2, -0.15) is 0 Å². The number of nitrogens with one attached hydrogen (secondary N) is 1. The number of halogens is 3. The van der Waals surface area contributed by atoms with E-state index in [0.29, 0.717) is 30.3 Å². The Labute approximate surface area is 273 Å². The van der Waals surface area contributed by atoms with Crippen molar-refractivity contribution in [1.29, 1.82) is 0 Å². The van der Waals surface area contributed by atoms with Gasteiger partial charge in [-0.15, -0.1) is 0 Å². The summed E-state index contributed by atoms with van der Waals surface area (Å²) in [5.74, 6) is -2.07. The lowest BCUT2D eigenvalue weighted by Gasteiger charge is -2.31. The zero-order chi connectivity index (χ0) is 32.2. The minimum atomic E-state index is -0.831. The van der Waals surface area contributed by atoms with E-state index in [4.69, 9.17) is 11.6 Å². The minimum Gasteiger partial charge on any atom is -0.346 e.